The van der Waals surface area contributed by atoms with Crippen LogP contribution in [0, 0.1) is 0 Å². The maximum atomic E-state index is 9.62. The Labute approximate surface area is 105 Å². The largest absolute Gasteiger partial charge is 0.394 e. The molecule has 6 N–H and O–H groups in total. The molecule has 0 aromatic heterocycles. The maximum Gasteiger partial charge on any atom is 0.186 e. The van der Waals surface area contributed by atoms with Crippen molar-refractivity contribution >= 4 is 0 Å². The van der Waals surface area contributed by atoms with Gasteiger partial charge in [-0.2, -0.15) is 0 Å². The first-order valence-corrected chi connectivity index (χ1v) is 5.76. The van der Waals surface area contributed by atoms with Crippen LogP contribution in [-0.4, -0.2) is 77.2 Å². The van der Waals surface area contributed by atoms with Gasteiger partial charge in [0.05, 0.1) is 19.8 Å². The predicted molar refractivity (Wildman–Crippen MR) is 59.3 cm³/mol. The molecule has 1 unspecified atom stereocenters. The summed E-state index contributed by atoms with van der Waals surface area (Å²) in [5, 5.41) is 37.6. The van der Waals surface area contributed by atoms with E-state index < -0.39 is 43.5 Å². The van der Waals surface area contributed by atoms with E-state index in [9.17, 15) is 15.3 Å². The zero-order valence-corrected chi connectivity index (χ0v) is 10.2. The van der Waals surface area contributed by atoms with Gasteiger partial charge in [-0.15, -0.1) is 0 Å². The molecule has 1 aliphatic rings. The van der Waals surface area contributed by atoms with Crippen molar-refractivity contribution in [3.63, 3.8) is 0 Å². The number of nitrogens with two attached hydrogens (primary N) is 1. The van der Waals surface area contributed by atoms with Crippen LogP contribution in [-0.2, 0) is 14.2 Å². The van der Waals surface area contributed by atoms with Crippen LogP contribution in [0.2, 0.25) is 0 Å². The van der Waals surface area contributed by atoms with Gasteiger partial charge < -0.3 is 40.4 Å². The van der Waals surface area contributed by atoms with Gasteiger partial charge in [0.1, 0.15) is 30.6 Å². The minimum atomic E-state index is -1.43. The molecule has 1 saturated heterocycles. The summed E-state index contributed by atoms with van der Waals surface area (Å²) < 4.78 is 15.3. The smallest absolute Gasteiger partial charge is 0.186 e. The molecular weight excluding hydrogens is 246 g/mol. The normalized spacial score (nSPS) is 38.7. The monoisotopic (exact) mass is 267 g/mol. The average molecular weight is 267 g/mol. The van der Waals surface area contributed by atoms with Crippen molar-refractivity contribution in [2.75, 3.05) is 19.8 Å². The highest BCUT2D eigenvalue weighted by Gasteiger charge is 2.43. The first-order chi connectivity index (χ1) is 8.47. The molecular formula is C10H21NO7. The second-order valence-corrected chi connectivity index (χ2v) is 4.14. The van der Waals surface area contributed by atoms with Crippen LogP contribution in [0.5, 0.6) is 0 Å². The van der Waals surface area contributed by atoms with E-state index in [0.29, 0.717) is 0 Å². The Morgan fingerprint density at radius 2 is 1.83 bits per heavy atom. The van der Waals surface area contributed by atoms with Crippen LogP contribution in [0.1, 0.15) is 6.92 Å². The number of hydrogen-bond acceptors (Lipinski definition) is 8. The molecule has 6 atom stereocenters. The van der Waals surface area contributed by atoms with E-state index in [1.165, 1.54) is 0 Å². The van der Waals surface area contributed by atoms with E-state index in [-0.39, 0.29) is 13.2 Å². The molecule has 0 aromatic carbocycles. The Kier molecular flexibility index (Phi) is 6.39. The summed E-state index contributed by atoms with van der Waals surface area (Å²) in [5.74, 6) is 0. The van der Waals surface area contributed by atoms with Crippen molar-refractivity contribution in [1.82, 2.24) is 0 Å². The van der Waals surface area contributed by atoms with Gasteiger partial charge in [0, 0.05) is 0 Å². The Morgan fingerprint density at radius 1 is 1.17 bits per heavy atom. The zero-order chi connectivity index (χ0) is 13.7. The summed E-state index contributed by atoms with van der Waals surface area (Å²) in [5.41, 5.74) is 5.36. The number of aliphatic hydroxyl groups is 4. The first kappa shape index (κ1) is 15.7. The zero-order valence-electron chi connectivity index (χ0n) is 10.2. The molecule has 1 fully saturated rings. The molecule has 0 radical (unpaired) electrons. The lowest BCUT2D eigenvalue weighted by atomic mass is 9.99. The van der Waals surface area contributed by atoms with Gasteiger partial charge in [-0.05, 0) is 6.92 Å². The minimum Gasteiger partial charge on any atom is -0.394 e. The molecule has 1 aliphatic heterocycles. The predicted octanol–water partition coefficient (Wildman–Crippen LogP) is -2.88. The van der Waals surface area contributed by atoms with Gasteiger partial charge >= 0.3 is 0 Å². The van der Waals surface area contributed by atoms with Gasteiger partial charge in [0.25, 0.3) is 0 Å². The van der Waals surface area contributed by atoms with E-state index in [1.807, 2.05) is 0 Å². The van der Waals surface area contributed by atoms with Crippen LogP contribution < -0.4 is 5.73 Å². The van der Waals surface area contributed by atoms with Crippen LogP contribution in [0.15, 0.2) is 0 Å². The molecule has 0 bridgehead atoms. The Morgan fingerprint density at radius 3 is 2.39 bits per heavy atom. The highest BCUT2D eigenvalue weighted by atomic mass is 16.7. The third-order valence-electron chi connectivity index (χ3n) is 2.59. The van der Waals surface area contributed by atoms with Gasteiger partial charge in [-0.3, -0.25) is 0 Å². The third-order valence-corrected chi connectivity index (χ3v) is 2.59. The summed E-state index contributed by atoms with van der Waals surface area (Å²) in [6, 6.07) is 0. The Hall–Kier alpha value is -0.320. The molecule has 8 heteroatoms. The first-order valence-electron chi connectivity index (χ1n) is 5.76. The third kappa shape index (κ3) is 4.11. The van der Waals surface area contributed by atoms with Crippen molar-refractivity contribution < 1.29 is 34.6 Å². The van der Waals surface area contributed by atoms with E-state index in [4.69, 9.17) is 25.1 Å². The molecule has 1 heterocycles. The topological polar surface area (TPSA) is 135 Å². The van der Waals surface area contributed by atoms with E-state index in [2.05, 4.69) is 0 Å². The molecule has 0 spiro atoms. The average Bonchev–Trinajstić information content (AvgIpc) is 2.34. The Balaban J connectivity index is 2.39. The minimum absolute atomic E-state index is 0.101. The van der Waals surface area contributed by atoms with E-state index >= 15 is 0 Å². The second kappa shape index (κ2) is 7.31. The standard InChI is InChI=1S/C10H21NO7/c1-5(11)16-2-3-17-10-9(15)8(14)7(13)6(4-12)18-10/h5-10,12-15H,2-4,11H2,1H3/t5?,6-,7-,8+,9+,10+/m1/s1. The van der Waals surface area contributed by atoms with Crippen molar-refractivity contribution in [2.24, 2.45) is 5.73 Å². The molecule has 0 amide bonds. The summed E-state index contributed by atoms with van der Waals surface area (Å²) >= 11 is 0. The lowest BCUT2D eigenvalue weighted by Crippen LogP contribution is -2.59. The summed E-state index contributed by atoms with van der Waals surface area (Å²) in [6.45, 7) is 1.48. The summed E-state index contributed by atoms with van der Waals surface area (Å²) in [6.07, 6.45) is -6.73. The van der Waals surface area contributed by atoms with Crippen LogP contribution in [0.25, 0.3) is 0 Å². The molecule has 0 saturated carbocycles. The molecule has 0 aromatic rings. The van der Waals surface area contributed by atoms with Crippen molar-refractivity contribution in [1.29, 1.82) is 0 Å². The fourth-order valence-electron chi connectivity index (χ4n) is 1.60. The van der Waals surface area contributed by atoms with Gasteiger partial charge in [0.15, 0.2) is 6.29 Å². The van der Waals surface area contributed by atoms with Crippen molar-refractivity contribution in [2.45, 2.75) is 43.9 Å². The summed E-state index contributed by atoms with van der Waals surface area (Å²) in [4.78, 5) is 0. The lowest BCUT2D eigenvalue weighted by Gasteiger charge is -2.39. The molecule has 18 heavy (non-hydrogen) atoms. The molecule has 8 nitrogen and oxygen atoms in total. The molecule has 0 aliphatic carbocycles. The number of hydrogen-bond donors (Lipinski definition) is 5. The maximum absolute atomic E-state index is 9.62. The fraction of sp³-hybridized carbons (Fsp3) is 1.00. The second-order valence-electron chi connectivity index (χ2n) is 4.14. The molecule has 1 rings (SSSR count). The molecule has 108 valence electrons. The summed E-state index contributed by atoms with van der Waals surface area (Å²) in [7, 11) is 0. The number of ether oxygens (including phenoxy) is 3. The highest BCUT2D eigenvalue weighted by Crippen LogP contribution is 2.21. The van der Waals surface area contributed by atoms with Gasteiger partial charge in [0.2, 0.25) is 0 Å². The van der Waals surface area contributed by atoms with Crippen LogP contribution >= 0.6 is 0 Å². The van der Waals surface area contributed by atoms with E-state index in [0.717, 1.165) is 0 Å². The van der Waals surface area contributed by atoms with Crippen LogP contribution in [0.3, 0.4) is 0 Å². The quantitative estimate of drug-likeness (QED) is 0.256. The van der Waals surface area contributed by atoms with Crippen molar-refractivity contribution in [3.05, 3.63) is 0 Å². The van der Waals surface area contributed by atoms with Gasteiger partial charge in [-0.1, -0.05) is 0 Å². The number of rotatable bonds is 6. The fourth-order valence-corrected chi connectivity index (χ4v) is 1.60. The van der Waals surface area contributed by atoms with Crippen LogP contribution in [0.4, 0.5) is 0 Å². The van der Waals surface area contributed by atoms with Crippen molar-refractivity contribution in [3.8, 4) is 0 Å². The Bertz CT molecular complexity index is 238. The highest BCUT2D eigenvalue weighted by molar-refractivity contribution is 4.88. The lowest BCUT2D eigenvalue weighted by molar-refractivity contribution is -0.302. The number of aliphatic hydroxyl groups excluding tert-OH is 4. The SMILES string of the molecule is CC(N)OCCO[C@H]1O[C@H](CO)[C@@H](O)[C@H](O)[C@@H]1O. The van der Waals surface area contributed by atoms with E-state index in [1.54, 1.807) is 6.92 Å². The van der Waals surface area contributed by atoms with Gasteiger partial charge in [-0.25, -0.2) is 0 Å².